The molecule has 1 aromatic heterocycles. The van der Waals surface area contributed by atoms with Crippen molar-refractivity contribution in [2.45, 2.75) is 6.61 Å². The molecular weight excluding hydrogens is 312 g/mol. The number of hydrogen-bond acceptors (Lipinski definition) is 6. The average Bonchev–Trinajstić information content (AvgIpc) is 3.09. The molecule has 0 N–H and O–H groups in total. The van der Waals surface area contributed by atoms with E-state index in [0.717, 1.165) is 5.69 Å². The Balaban J connectivity index is 1.70. The molecule has 0 saturated carbocycles. The third kappa shape index (κ3) is 3.27. The maximum absolute atomic E-state index is 12.0. The largest absolute Gasteiger partial charge is 0.455 e. The first kappa shape index (κ1) is 15.3. The Hall–Kier alpha value is -3.55. The fraction of sp³-hybridized carbons (Fsp3) is 0.0625. The van der Waals surface area contributed by atoms with E-state index in [-0.39, 0.29) is 17.9 Å². The van der Waals surface area contributed by atoms with Crippen LogP contribution in [0.15, 0.2) is 60.8 Å². The molecule has 3 rings (SSSR count). The highest BCUT2D eigenvalue weighted by Crippen LogP contribution is 2.19. The topological polar surface area (TPSA) is 100 Å². The second-order valence-corrected chi connectivity index (χ2v) is 4.84. The first-order chi connectivity index (χ1) is 11.6. The fourth-order valence-electron chi connectivity index (χ4n) is 2.09. The van der Waals surface area contributed by atoms with Gasteiger partial charge in [0.25, 0.3) is 5.69 Å². The van der Waals surface area contributed by atoms with E-state index in [1.54, 1.807) is 10.9 Å². The Morgan fingerprint density at radius 2 is 1.83 bits per heavy atom. The Morgan fingerprint density at radius 1 is 1.12 bits per heavy atom. The Morgan fingerprint density at radius 3 is 2.58 bits per heavy atom. The van der Waals surface area contributed by atoms with Crippen molar-refractivity contribution in [2.24, 2.45) is 0 Å². The van der Waals surface area contributed by atoms with Crippen LogP contribution >= 0.6 is 0 Å². The molecule has 120 valence electrons. The van der Waals surface area contributed by atoms with Crippen LogP contribution in [0.2, 0.25) is 0 Å². The van der Waals surface area contributed by atoms with Gasteiger partial charge in [-0.1, -0.05) is 35.5 Å². The van der Waals surface area contributed by atoms with Crippen molar-refractivity contribution >= 4 is 11.7 Å². The molecule has 0 aliphatic rings. The van der Waals surface area contributed by atoms with Gasteiger partial charge < -0.3 is 4.74 Å². The molecule has 0 aliphatic carbocycles. The molecule has 0 bridgehead atoms. The first-order valence-electron chi connectivity index (χ1n) is 7.02. The monoisotopic (exact) mass is 324 g/mol. The van der Waals surface area contributed by atoms with E-state index in [2.05, 4.69) is 10.3 Å². The summed E-state index contributed by atoms with van der Waals surface area (Å²) in [6, 6.07) is 15.0. The highest BCUT2D eigenvalue weighted by Gasteiger charge is 2.20. The molecule has 1 heterocycles. The van der Waals surface area contributed by atoms with E-state index < -0.39 is 10.9 Å². The second-order valence-electron chi connectivity index (χ2n) is 4.84. The zero-order valence-corrected chi connectivity index (χ0v) is 12.4. The van der Waals surface area contributed by atoms with Crippen LogP contribution in [-0.2, 0) is 11.3 Å². The number of para-hydroxylation sites is 2. The summed E-state index contributed by atoms with van der Waals surface area (Å²) >= 11 is 0. The van der Waals surface area contributed by atoms with Crippen LogP contribution in [0.5, 0.6) is 0 Å². The summed E-state index contributed by atoms with van der Waals surface area (Å²) in [7, 11) is 0. The molecule has 0 spiro atoms. The number of nitro groups is 1. The minimum absolute atomic E-state index is 0.0991. The summed E-state index contributed by atoms with van der Waals surface area (Å²) < 4.78 is 6.64. The third-order valence-corrected chi connectivity index (χ3v) is 3.23. The molecule has 2 aromatic carbocycles. The van der Waals surface area contributed by atoms with Gasteiger partial charge in [-0.15, -0.1) is 5.10 Å². The molecular formula is C16H12N4O4. The van der Waals surface area contributed by atoms with E-state index >= 15 is 0 Å². The molecule has 0 amide bonds. The summed E-state index contributed by atoms with van der Waals surface area (Å²) in [6.45, 7) is -0.127. The number of carbonyl (C=O) groups excluding carboxylic acids is 1. The number of nitrogens with zero attached hydrogens (tertiary/aromatic N) is 4. The summed E-state index contributed by atoms with van der Waals surface area (Å²) in [5, 5.41) is 18.8. The molecule has 0 saturated heterocycles. The maximum atomic E-state index is 12.0. The Bertz CT molecular complexity index is 877. The van der Waals surface area contributed by atoms with E-state index in [9.17, 15) is 14.9 Å². The Kier molecular flexibility index (Phi) is 4.28. The number of esters is 1. The van der Waals surface area contributed by atoms with Crippen molar-refractivity contribution in [1.29, 1.82) is 0 Å². The molecule has 0 atom stereocenters. The molecule has 8 heteroatoms. The SMILES string of the molecule is O=C(OCc1cn(-c2ccccc2)nn1)c1ccccc1[N+](=O)[O-]. The number of carbonyl (C=O) groups is 1. The van der Waals surface area contributed by atoms with E-state index in [4.69, 9.17) is 4.74 Å². The van der Waals surface area contributed by atoms with Gasteiger partial charge in [0.05, 0.1) is 16.8 Å². The summed E-state index contributed by atoms with van der Waals surface area (Å²) in [5.41, 5.74) is 0.862. The quantitative estimate of drug-likeness (QED) is 0.406. The van der Waals surface area contributed by atoms with Crippen LogP contribution < -0.4 is 0 Å². The van der Waals surface area contributed by atoms with Crippen molar-refractivity contribution in [3.63, 3.8) is 0 Å². The van der Waals surface area contributed by atoms with Gasteiger partial charge in [-0.3, -0.25) is 10.1 Å². The predicted molar refractivity (Wildman–Crippen MR) is 83.6 cm³/mol. The molecule has 3 aromatic rings. The zero-order valence-electron chi connectivity index (χ0n) is 12.4. The number of rotatable bonds is 5. The highest BCUT2D eigenvalue weighted by molar-refractivity contribution is 5.93. The summed E-state index contributed by atoms with van der Waals surface area (Å²) in [4.78, 5) is 22.3. The van der Waals surface area contributed by atoms with Gasteiger partial charge in [0, 0.05) is 6.07 Å². The number of benzene rings is 2. The van der Waals surface area contributed by atoms with Crippen molar-refractivity contribution in [3.05, 3.63) is 82.2 Å². The molecule has 0 unspecified atom stereocenters. The van der Waals surface area contributed by atoms with Gasteiger partial charge in [0.15, 0.2) is 0 Å². The minimum atomic E-state index is -0.781. The Labute approximate surface area is 136 Å². The smallest absolute Gasteiger partial charge is 0.345 e. The van der Waals surface area contributed by atoms with Gasteiger partial charge in [-0.05, 0) is 18.2 Å². The van der Waals surface area contributed by atoms with Crippen LogP contribution in [-0.4, -0.2) is 25.9 Å². The molecule has 0 fully saturated rings. The average molecular weight is 324 g/mol. The van der Waals surface area contributed by atoms with Crippen LogP contribution in [0.3, 0.4) is 0 Å². The lowest BCUT2D eigenvalue weighted by atomic mass is 10.2. The molecule has 24 heavy (non-hydrogen) atoms. The normalized spacial score (nSPS) is 10.3. The zero-order chi connectivity index (χ0) is 16.9. The van der Waals surface area contributed by atoms with Crippen LogP contribution in [0.25, 0.3) is 5.69 Å². The molecule has 0 aliphatic heterocycles. The standard InChI is InChI=1S/C16H12N4O4/c21-16(14-8-4-5-9-15(14)20(22)23)24-11-12-10-19(18-17-12)13-6-2-1-3-7-13/h1-10H,11H2. The van der Waals surface area contributed by atoms with Gasteiger partial charge >= 0.3 is 5.97 Å². The van der Waals surface area contributed by atoms with E-state index in [1.807, 2.05) is 30.3 Å². The summed E-state index contributed by atoms with van der Waals surface area (Å²) in [5.74, 6) is -0.781. The lowest BCUT2D eigenvalue weighted by Gasteiger charge is -2.03. The minimum Gasteiger partial charge on any atom is -0.455 e. The second kappa shape index (κ2) is 6.69. The lowest BCUT2D eigenvalue weighted by Crippen LogP contribution is -2.08. The van der Waals surface area contributed by atoms with Crippen LogP contribution in [0, 0.1) is 10.1 Å². The third-order valence-electron chi connectivity index (χ3n) is 3.23. The first-order valence-corrected chi connectivity index (χ1v) is 7.02. The van der Waals surface area contributed by atoms with Crippen molar-refractivity contribution in [2.75, 3.05) is 0 Å². The van der Waals surface area contributed by atoms with Crippen molar-refractivity contribution in [1.82, 2.24) is 15.0 Å². The van der Waals surface area contributed by atoms with Gasteiger partial charge in [-0.25, -0.2) is 9.48 Å². The maximum Gasteiger partial charge on any atom is 0.345 e. The predicted octanol–water partition coefficient (Wildman–Crippen LogP) is 2.53. The van der Waals surface area contributed by atoms with E-state index in [1.165, 1.54) is 24.3 Å². The number of hydrogen-bond donors (Lipinski definition) is 0. The van der Waals surface area contributed by atoms with Gasteiger partial charge in [0.1, 0.15) is 17.9 Å². The van der Waals surface area contributed by atoms with Gasteiger partial charge in [0.2, 0.25) is 0 Å². The number of aromatic nitrogens is 3. The van der Waals surface area contributed by atoms with E-state index in [0.29, 0.717) is 5.69 Å². The van der Waals surface area contributed by atoms with Crippen molar-refractivity contribution in [3.8, 4) is 5.69 Å². The van der Waals surface area contributed by atoms with Crippen LogP contribution in [0.4, 0.5) is 5.69 Å². The number of nitro benzene ring substituents is 1. The molecule has 0 radical (unpaired) electrons. The van der Waals surface area contributed by atoms with Crippen molar-refractivity contribution < 1.29 is 14.5 Å². The van der Waals surface area contributed by atoms with Crippen LogP contribution in [0.1, 0.15) is 16.1 Å². The fourth-order valence-corrected chi connectivity index (χ4v) is 2.09. The highest BCUT2D eigenvalue weighted by atomic mass is 16.6. The van der Waals surface area contributed by atoms with Gasteiger partial charge in [-0.2, -0.15) is 0 Å². The molecule has 8 nitrogen and oxygen atoms in total. The number of ether oxygens (including phenoxy) is 1. The summed E-state index contributed by atoms with van der Waals surface area (Å²) in [6.07, 6.45) is 1.63. The lowest BCUT2D eigenvalue weighted by molar-refractivity contribution is -0.385.